The second-order valence-electron chi connectivity index (χ2n) is 9.93. The lowest BCUT2D eigenvalue weighted by Crippen LogP contribution is -2.10. The Bertz CT molecular complexity index is 1460. The first kappa shape index (κ1) is 24.4. The van der Waals surface area contributed by atoms with E-state index < -0.39 is 0 Å². The van der Waals surface area contributed by atoms with Crippen molar-refractivity contribution in [3.63, 3.8) is 0 Å². The minimum absolute atomic E-state index is 0.0561. The van der Waals surface area contributed by atoms with Gasteiger partial charge in [-0.2, -0.15) is 0 Å². The summed E-state index contributed by atoms with van der Waals surface area (Å²) in [5.74, 6) is -0.167. The summed E-state index contributed by atoms with van der Waals surface area (Å²) in [6, 6.07) is 12.3. The maximum Gasteiger partial charge on any atom is 0.161 e. The van der Waals surface area contributed by atoms with E-state index in [0.29, 0.717) is 0 Å². The van der Waals surface area contributed by atoms with E-state index in [-0.39, 0.29) is 23.4 Å². The quantitative estimate of drug-likeness (QED) is 0.162. The zero-order chi connectivity index (χ0) is 26.4. The molecule has 0 radical (unpaired) electrons. The molecule has 0 bridgehead atoms. The van der Waals surface area contributed by atoms with E-state index in [9.17, 15) is 9.59 Å². The lowest BCUT2D eigenvalue weighted by molar-refractivity contribution is 0.100. The van der Waals surface area contributed by atoms with Crippen molar-refractivity contribution in [3.8, 4) is 0 Å². The van der Waals surface area contributed by atoms with Crippen molar-refractivity contribution >= 4 is 11.6 Å². The van der Waals surface area contributed by atoms with Crippen molar-refractivity contribution in [1.29, 1.82) is 0 Å². The number of ketones is 2. The number of aromatic amines is 5. The van der Waals surface area contributed by atoms with Gasteiger partial charge in [0.05, 0.1) is 11.8 Å². The molecule has 0 amide bonds. The standard InChI is InChI=1S/C30H33N5O2/c1-15-25(19(5)36)17(3)33-29(15)27(21-9-7-13-31-21)23-11-12-24(35-23)28(22-10-8-14-32-22)30-16(2)26(20(6)37)18(4)34-30/h7-14,27-28,31-35H,1-6H3. The first-order chi connectivity index (χ1) is 17.7. The Morgan fingerprint density at radius 2 is 1.00 bits per heavy atom. The number of H-pyrrole nitrogens is 5. The van der Waals surface area contributed by atoms with Crippen LogP contribution in [0.5, 0.6) is 0 Å². The van der Waals surface area contributed by atoms with Crippen LogP contribution in [0, 0.1) is 27.7 Å². The highest BCUT2D eigenvalue weighted by atomic mass is 16.1. The highest BCUT2D eigenvalue weighted by Crippen LogP contribution is 2.38. The molecule has 5 aromatic rings. The van der Waals surface area contributed by atoms with E-state index in [2.05, 4.69) is 49.2 Å². The van der Waals surface area contributed by atoms with Crippen molar-refractivity contribution in [1.82, 2.24) is 24.9 Å². The number of rotatable bonds is 8. The first-order valence-electron chi connectivity index (χ1n) is 12.5. The zero-order valence-corrected chi connectivity index (χ0v) is 22.1. The average Bonchev–Trinajstić information content (AvgIpc) is 3.64. The number of hydrogen-bond acceptors (Lipinski definition) is 2. The molecule has 2 unspecified atom stereocenters. The third-order valence-electron chi connectivity index (χ3n) is 7.45. The predicted octanol–water partition coefficient (Wildman–Crippen LogP) is 6.33. The number of nitrogens with one attached hydrogen (secondary N) is 5. The van der Waals surface area contributed by atoms with Crippen LogP contribution < -0.4 is 0 Å². The van der Waals surface area contributed by atoms with Crippen molar-refractivity contribution in [2.24, 2.45) is 0 Å². The van der Waals surface area contributed by atoms with E-state index in [0.717, 1.165) is 67.8 Å². The summed E-state index contributed by atoms with van der Waals surface area (Å²) in [5.41, 5.74) is 11.2. The molecule has 0 aromatic carbocycles. The fraction of sp³-hybridized carbons (Fsp3) is 0.267. The van der Waals surface area contributed by atoms with Gasteiger partial charge in [0.2, 0.25) is 0 Å². The average molecular weight is 496 g/mol. The van der Waals surface area contributed by atoms with Gasteiger partial charge in [0.25, 0.3) is 0 Å². The van der Waals surface area contributed by atoms with E-state index >= 15 is 0 Å². The summed E-state index contributed by atoms with van der Waals surface area (Å²) < 4.78 is 0. The van der Waals surface area contributed by atoms with Gasteiger partial charge in [-0.25, -0.2) is 0 Å². The van der Waals surface area contributed by atoms with Gasteiger partial charge in [-0.15, -0.1) is 0 Å². The Kier molecular flexibility index (Phi) is 6.15. The zero-order valence-electron chi connectivity index (χ0n) is 22.1. The lowest BCUT2D eigenvalue weighted by Gasteiger charge is -2.18. The molecular formula is C30H33N5O2. The Morgan fingerprint density at radius 1 is 0.595 bits per heavy atom. The number of hydrogen-bond donors (Lipinski definition) is 5. The van der Waals surface area contributed by atoms with Gasteiger partial charge in [-0.05, 0) is 89.1 Å². The molecule has 0 aliphatic heterocycles. The van der Waals surface area contributed by atoms with E-state index in [1.165, 1.54) is 0 Å². The minimum atomic E-state index is -0.140. The predicted molar refractivity (Wildman–Crippen MR) is 145 cm³/mol. The van der Waals surface area contributed by atoms with Crippen LogP contribution in [0.4, 0.5) is 0 Å². The van der Waals surface area contributed by atoms with Gasteiger partial charge in [-0.3, -0.25) is 9.59 Å². The molecular weight excluding hydrogens is 462 g/mol. The number of aromatic nitrogens is 5. The van der Waals surface area contributed by atoms with E-state index in [4.69, 9.17) is 0 Å². The van der Waals surface area contributed by atoms with Gasteiger partial charge in [0, 0.05) is 69.1 Å². The second kappa shape index (κ2) is 9.32. The molecule has 5 N–H and O–H groups in total. The second-order valence-corrected chi connectivity index (χ2v) is 9.93. The van der Waals surface area contributed by atoms with Crippen molar-refractivity contribution in [2.75, 3.05) is 0 Å². The van der Waals surface area contributed by atoms with Gasteiger partial charge in [0.1, 0.15) is 0 Å². The third kappa shape index (κ3) is 4.10. The first-order valence-corrected chi connectivity index (χ1v) is 12.5. The van der Waals surface area contributed by atoms with Gasteiger partial charge in [0.15, 0.2) is 11.6 Å². The molecule has 190 valence electrons. The SMILES string of the molecule is CC(=O)c1c(C)[nH]c(C(c2ccc[nH]2)c2ccc(C(c3ccc[nH]3)c3[nH]c(C)c(C(C)=O)c3C)[nH]2)c1C. The van der Waals surface area contributed by atoms with E-state index in [1.807, 2.05) is 52.2 Å². The Balaban J connectivity index is 1.66. The minimum Gasteiger partial charge on any atom is -0.364 e. The van der Waals surface area contributed by atoms with Gasteiger partial charge in [-0.1, -0.05) is 0 Å². The summed E-state index contributed by atoms with van der Waals surface area (Å²) in [5, 5.41) is 0. The lowest BCUT2D eigenvalue weighted by atomic mass is 9.93. The Labute approximate surface area is 216 Å². The van der Waals surface area contributed by atoms with Crippen LogP contribution in [-0.2, 0) is 0 Å². The van der Waals surface area contributed by atoms with Gasteiger partial charge >= 0.3 is 0 Å². The maximum atomic E-state index is 12.4. The van der Waals surface area contributed by atoms with Crippen molar-refractivity contribution < 1.29 is 9.59 Å². The molecule has 5 aromatic heterocycles. The number of carbonyl (C=O) groups is 2. The molecule has 7 nitrogen and oxygen atoms in total. The fourth-order valence-electron chi connectivity index (χ4n) is 5.95. The normalized spacial score (nSPS) is 13.1. The molecule has 7 heteroatoms. The van der Waals surface area contributed by atoms with Crippen LogP contribution in [0.1, 0.15) is 103 Å². The van der Waals surface area contributed by atoms with Crippen molar-refractivity contribution in [3.05, 3.63) is 117 Å². The molecule has 37 heavy (non-hydrogen) atoms. The summed E-state index contributed by atoms with van der Waals surface area (Å²) >= 11 is 0. The smallest absolute Gasteiger partial charge is 0.161 e. The van der Waals surface area contributed by atoms with Crippen LogP contribution in [0.2, 0.25) is 0 Å². The topological polar surface area (TPSA) is 113 Å². The number of carbonyl (C=O) groups excluding carboxylic acids is 2. The monoisotopic (exact) mass is 495 g/mol. The summed E-state index contributed by atoms with van der Waals surface area (Å²) in [6.45, 7) is 11.1. The Morgan fingerprint density at radius 3 is 1.30 bits per heavy atom. The van der Waals surface area contributed by atoms with Crippen LogP contribution >= 0.6 is 0 Å². The Hall–Kier alpha value is -4.26. The molecule has 2 atom stereocenters. The largest absolute Gasteiger partial charge is 0.364 e. The van der Waals surface area contributed by atoms with Gasteiger partial charge < -0.3 is 24.9 Å². The number of Topliss-reactive ketones (excluding diaryl/α,β-unsaturated/α-hetero) is 2. The molecule has 0 saturated heterocycles. The summed E-state index contributed by atoms with van der Waals surface area (Å²) in [6.07, 6.45) is 3.83. The third-order valence-corrected chi connectivity index (χ3v) is 7.45. The molecule has 0 aliphatic carbocycles. The molecule has 0 fully saturated rings. The highest BCUT2D eigenvalue weighted by Gasteiger charge is 2.30. The van der Waals surface area contributed by atoms with Crippen molar-refractivity contribution in [2.45, 2.75) is 53.4 Å². The summed E-state index contributed by atoms with van der Waals surface area (Å²) in [4.78, 5) is 42.2. The molecule has 0 spiro atoms. The fourth-order valence-corrected chi connectivity index (χ4v) is 5.95. The van der Waals surface area contributed by atoms with Crippen LogP contribution in [-0.4, -0.2) is 36.5 Å². The van der Waals surface area contributed by atoms with Crippen LogP contribution in [0.15, 0.2) is 48.8 Å². The highest BCUT2D eigenvalue weighted by molar-refractivity contribution is 5.97. The summed E-state index contributed by atoms with van der Waals surface area (Å²) in [7, 11) is 0. The maximum absolute atomic E-state index is 12.4. The van der Waals surface area contributed by atoms with Crippen LogP contribution in [0.25, 0.3) is 0 Å². The molecule has 0 aliphatic rings. The van der Waals surface area contributed by atoms with E-state index in [1.54, 1.807) is 13.8 Å². The molecule has 5 heterocycles. The molecule has 0 saturated carbocycles. The van der Waals surface area contributed by atoms with Crippen LogP contribution in [0.3, 0.4) is 0 Å². The number of aryl methyl sites for hydroxylation is 2. The molecule has 5 rings (SSSR count).